The summed E-state index contributed by atoms with van der Waals surface area (Å²) >= 11 is 1.15. The molecule has 1 aromatic heterocycles. The number of aromatic nitrogens is 2. The van der Waals surface area contributed by atoms with Crippen LogP contribution in [0.1, 0.15) is 21.5 Å². The van der Waals surface area contributed by atoms with Gasteiger partial charge in [-0.15, -0.1) is 10.2 Å². The van der Waals surface area contributed by atoms with Crippen molar-refractivity contribution in [1.29, 1.82) is 0 Å². The molecule has 144 valence electrons. The third-order valence-electron chi connectivity index (χ3n) is 4.04. The van der Waals surface area contributed by atoms with Crippen molar-refractivity contribution < 1.29 is 18.7 Å². The summed E-state index contributed by atoms with van der Waals surface area (Å²) in [5.74, 6) is -0.190. The Bertz CT molecular complexity index is 1020. The molecule has 0 saturated carbocycles. The fourth-order valence-corrected chi connectivity index (χ4v) is 3.07. The van der Waals surface area contributed by atoms with Crippen molar-refractivity contribution in [2.75, 3.05) is 18.2 Å². The number of benzene rings is 2. The average Bonchev–Trinajstić information content (AvgIpc) is 3.16. The number of esters is 1. The number of rotatable bonds is 6. The first kappa shape index (κ1) is 19.6. The van der Waals surface area contributed by atoms with E-state index in [9.17, 15) is 9.59 Å². The molecule has 0 radical (unpaired) electrons. The Morgan fingerprint density at radius 2 is 1.89 bits per heavy atom. The highest BCUT2D eigenvalue weighted by Crippen LogP contribution is 2.25. The van der Waals surface area contributed by atoms with Crippen LogP contribution in [0.2, 0.25) is 0 Å². The van der Waals surface area contributed by atoms with Gasteiger partial charge in [0, 0.05) is 11.3 Å². The van der Waals surface area contributed by atoms with Crippen molar-refractivity contribution in [2.45, 2.75) is 19.1 Å². The Balaban J connectivity index is 1.63. The number of aryl methyl sites for hydroxylation is 2. The van der Waals surface area contributed by atoms with Crippen LogP contribution in [-0.4, -0.2) is 34.9 Å². The number of thioether (sulfide) groups is 1. The third kappa shape index (κ3) is 4.58. The molecule has 0 unspecified atom stereocenters. The number of hydrogen-bond donors (Lipinski definition) is 1. The molecule has 8 heteroatoms. The van der Waals surface area contributed by atoms with E-state index in [1.165, 1.54) is 7.11 Å². The summed E-state index contributed by atoms with van der Waals surface area (Å²) in [6, 6.07) is 12.7. The van der Waals surface area contributed by atoms with Crippen LogP contribution in [0.3, 0.4) is 0 Å². The van der Waals surface area contributed by atoms with E-state index in [-0.39, 0.29) is 11.7 Å². The van der Waals surface area contributed by atoms with Gasteiger partial charge in [-0.2, -0.15) is 0 Å². The number of anilines is 1. The second kappa shape index (κ2) is 8.71. The number of ether oxygens (including phenoxy) is 1. The molecule has 0 atom stereocenters. The maximum absolute atomic E-state index is 12.3. The molecule has 0 spiro atoms. The zero-order chi connectivity index (χ0) is 20.1. The lowest BCUT2D eigenvalue weighted by Gasteiger charge is -2.09. The SMILES string of the molecule is COC(=O)c1ccc(C)c(NC(=O)CSc2nnc(-c3ccccc3C)o2)c1. The predicted octanol–water partition coefficient (Wildman–Crippen LogP) is 3.87. The number of nitrogens with one attached hydrogen (secondary N) is 1. The fourth-order valence-electron chi connectivity index (χ4n) is 2.50. The van der Waals surface area contributed by atoms with E-state index in [1.807, 2.05) is 38.1 Å². The molecule has 3 rings (SSSR count). The van der Waals surface area contributed by atoms with E-state index in [4.69, 9.17) is 9.15 Å². The van der Waals surface area contributed by atoms with Crippen LogP contribution in [0.5, 0.6) is 0 Å². The molecule has 1 heterocycles. The quantitative estimate of drug-likeness (QED) is 0.498. The molecule has 0 aliphatic carbocycles. The van der Waals surface area contributed by atoms with Gasteiger partial charge in [0.1, 0.15) is 0 Å². The number of amides is 1. The molecule has 0 aliphatic heterocycles. The van der Waals surface area contributed by atoms with Gasteiger partial charge in [0.2, 0.25) is 11.8 Å². The monoisotopic (exact) mass is 397 g/mol. The smallest absolute Gasteiger partial charge is 0.337 e. The Morgan fingerprint density at radius 1 is 1.11 bits per heavy atom. The number of carbonyl (C=O) groups is 2. The van der Waals surface area contributed by atoms with Crippen LogP contribution in [-0.2, 0) is 9.53 Å². The second-order valence-electron chi connectivity index (χ2n) is 6.05. The largest absolute Gasteiger partial charge is 0.465 e. The average molecular weight is 397 g/mol. The molecule has 0 saturated heterocycles. The van der Waals surface area contributed by atoms with E-state index >= 15 is 0 Å². The summed E-state index contributed by atoms with van der Waals surface area (Å²) in [5, 5.41) is 11.1. The van der Waals surface area contributed by atoms with Gasteiger partial charge in [0.05, 0.1) is 18.4 Å². The van der Waals surface area contributed by atoms with Crippen LogP contribution < -0.4 is 5.32 Å². The lowest BCUT2D eigenvalue weighted by molar-refractivity contribution is -0.113. The van der Waals surface area contributed by atoms with E-state index in [0.29, 0.717) is 22.4 Å². The molecule has 1 amide bonds. The third-order valence-corrected chi connectivity index (χ3v) is 4.86. The molecule has 0 aliphatic rings. The van der Waals surface area contributed by atoms with E-state index < -0.39 is 5.97 Å². The minimum absolute atomic E-state index is 0.0945. The number of methoxy groups -OCH3 is 1. The van der Waals surface area contributed by atoms with Crippen LogP contribution in [0.15, 0.2) is 52.1 Å². The zero-order valence-corrected chi connectivity index (χ0v) is 16.5. The van der Waals surface area contributed by atoms with Gasteiger partial charge in [-0.25, -0.2) is 4.79 Å². The van der Waals surface area contributed by atoms with Crippen molar-refractivity contribution >= 4 is 29.3 Å². The highest BCUT2D eigenvalue weighted by atomic mass is 32.2. The minimum Gasteiger partial charge on any atom is -0.465 e. The summed E-state index contributed by atoms with van der Waals surface area (Å²) in [4.78, 5) is 23.9. The Kier molecular flexibility index (Phi) is 6.10. The van der Waals surface area contributed by atoms with Crippen LogP contribution in [0, 0.1) is 13.8 Å². The van der Waals surface area contributed by atoms with Crippen molar-refractivity contribution in [1.82, 2.24) is 10.2 Å². The summed E-state index contributed by atoms with van der Waals surface area (Å²) in [6.07, 6.45) is 0. The molecule has 7 nitrogen and oxygen atoms in total. The van der Waals surface area contributed by atoms with Crippen LogP contribution in [0.4, 0.5) is 5.69 Å². The Labute approximate surface area is 166 Å². The van der Waals surface area contributed by atoms with Crippen molar-refractivity contribution in [3.8, 4) is 11.5 Å². The molecule has 1 N–H and O–H groups in total. The van der Waals surface area contributed by atoms with Crippen molar-refractivity contribution in [3.05, 3.63) is 59.2 Å². The van der Waals surface area contributed by atoms with Crippen LogP contribution >= 0.6 is 11.8 Å². The molecule has 3 aromatic rings. The van der Waals surface area contributed by atoms with Gasteiger partial charge < -0.3 is 14.5 Å². The topological polar surface area (TPSA) is 94.3 Å². The lowest BCUT2D eigenvalue weighted by Crippen LogP contribution is -2.15. The summed E-state index contributed by atoms with van der Waals surface area (Å²) in [6.45, 7) is 3.81. The molecule has 28 heavy (non-hydrogen) atoms. The van der Waals surface area contributed by atoms with E-state index in [2.05, 4.69) is 15.5 Å². The first-order chi connectivity index (χ1) is 13.5. The molecular formula is C20H19N3O4S. The standard InChI is InChI=1S/C20H19N3O4S/c1-12-6-4-5-7-15(12)18-22-23-20(27-18)28-11-17(24)21-16-10-14(19(25)26-3)9-8-13(16)2/h4-10H,11H2,1-3H3,(H,21,24). The second-order valence-corrected chi connectivity index (χ2v) is 6.97. The van der Waals surface area contributed by atoms with Crippen molar-refractivity contribution in [2.24, 2.45) is 0 Å². The maximum Gasteiger partial charge on any atom is 0.337 e. The fraction of sp³-hybridized carbons (Fsp3) is 0.200. The van der Waals surface area contributed by atoms with Gasteiger partial charge in [-0.3, -0.25) is 4.79 Å². The Hall–Kier alpha value is -3.13. The number of carbonyl (C=O) groups excluding carboxylic acids is 2. The molecule has 0 bridgehead atoms. The molecule has 2 aromatic carbocycles. The molecule has 0 fully saturated rings. The predicted molar refractivity (Wildman–Crippen MR) is 106 cm³/mol. The normalized spacial score (nSPS) is 10.5. The zero-order valence-electron chi connectivity index (χ0n) is 15.7. The molecular weight excluding hydrogens is 378 g/mol. The first-order valence-corrected chi connectivity index (χ1v) is 9.47. The van der Waals surface area contributed by atoms with Gasteiger partial charge >= 0.3 is 5.97 Å². The van der Waals surface area contributed by atoms with Gasteiger partial charge in [-0.1, -0.05) is 36.0 Å². The highest BCUT2D eigenvalue weighted by Gasteiger charge is 2.14. The number of nitrogens with zero attached hydrogens (tertiary/aromatic N) is 2. The van der Waals surface area contributed by atoms with Gasteiger partial charge in [0.25, 0.3) is 5.22 Å². The summed E-state index contributed by atoms with van der Waals surface area (Å²) in [5.41, 5.74) is 3.66. The highest BCUT2D eigenvalue weighted by molar-refractivity contribution is 7.99. The lowest BCUT2D eigenvalue weighted by atomic mass is 10.1. The van der Waals surface area contributed by atoms with E-state index in [1.54, 1.807) is 18.2 Å². The van der Waals surface area contributed by atoms with Crippen molar-refractivity contribution in [3.63, 3.8) is 0 Å². The van der Waals surface area contributed by atoms with E-state index in [0.717, 1.165) is 28.5 Å². The minimum atomic E-state index is -0.459. The number of hydrogen-bond acceptors (Lipinski definition) is 7. The van der Waals surface area contributed by atoms with Gasteiger partial charge in [-0.05, 0) is 43.2 Å². The van der Waals surface area contributed by atoms with Crippen LogP contribution in [0.25, 0.3) is 11.5 Å². The van der Waals surface area contributed by atoms with Gasteiger partial charge in [0.15, 0.2) is 0 Å². The maximum atomic E-state index is 12.3. The Morgan fingerprint density at radius 3 is 2.64 bits per heavy atom. The summed E-state index contributed by atoms with van der Waals surface area (Å²) < 4.78 is 10.3. The summed E-state index contributed by atoms with van der Waals surface area (Å²) in [7, 11) is 1.31. The first-order valence-electron chi connectivity index (χ1n) is 8.49.